The number of ether oxygens (including phenoxy) is 1. The minimum absolute atomic E-state index is 0.0132. The summed E-state index contributed by atoms with van der Waals surface area (Å²) in [5.41, 5.74) is 0.113. The zero-order valence-electron chi connectivity index (χ0n) is 13.1. The van der Waals surface area contributed by atoms with Crippen molar-refractivity contribution < 1.29 is 22.4 Å². The molecule has 3 heterocycles. The maximum atomic E-state index is 12.3. The van der Waals surface area contributed by atoms with Crippen LogP contribution < -0.4 is 4.72 Å². The van der Waals surface area contributed by atoms with E-state index in [0.29, 0.717) is 41.7 Å². The zero-order chi connectivity index (χ0) is 17.2. The topological polar surface area (TPSA) is 98.5 Å². The van der Waals surface area contributed by atoms with Crippen molar-refractivity contribution in [3.05, 3.63) is 29.0 Å². The molecule has 24 heavy (non-hydrogen) atoms. The van der Waals surface area contributed by atoms with Gasteiger partial charge in [-0.15, -0.1) is 11.3 Å². The lowest BCUT2D eigenvalue weighted by Crippen LogP contribution is -2.36. The highest BCUT2D eigenvalue weighted by Crippen LogP contribution is 2.28. The second-order valence-corrected chi connectivity index (χ2v) is 8.64. The summed E-state index contributed by atoms with van der Waals surface area (Å²) >= 11 is 1.29. The summed E-state index contributed by atoms with van der Waals surface area (Å²) in [7, 11) is -3.70. The Morgan fingerprint density at radius 2 is 2.17 bits per heavy atom. The van der Waals surface area contributed by atoms with E-state index in [1.165, 1.54) is 17.6 Å². The smallest absolute Gasteiger partial charge is 0.284 e. The van der Waals surface area contributed by atoms with Crippen molar-refractivity contribution in [2.24, 2.45) is 5.92 Å². The van der Waals surface area contributed by atoms with E-state index in [0.717, 1.165) is 0 Å². The average Bonchev–Trinajstić information content (AvgIpc) is 3.16. The SMILES string of the molecule is Cc1sc(-c2ccco2)nc1C(=O)NS(=O)(=O)CC1CCOCC1. The molecule has 0 saturated carbocycles. The number of hydrogen-bond acceptors (Lipinski definition) is 7. The lowest BCUT2D eigenvalue weighted by Gasteiger charge is -2.21. The van der Waals surface area contributed by atoms with E-state index < -0.39 is 15.9 Å². The van der Waals surface area contributed by atoms with Gasteiger partial charge in [0, 0.05) is 18.1 Å². The van der Waals surface area contributed by atoms with Gasteiger partial charge in [-0.1, -0.05) is 0 Å². The molecule has 2 aromatic rings. The number of furan rings is 1. The van der Waals surface area contributed by atoms with Crippen LogP contribution in [-0.2, 0) is 14.8 Å². The van der Waals surface area contributed by atoms with Crippen LogP contribution in [-0.4, -0.2) is 38.3 Å². The number of aryl methyl sites for hydroxylation is 1. The Kier molecular flexibility index (Phi) is 5.02. The van der Waals surface area contributed by atoms with Crippen molar-refractivity contribution in [2.45, 2.75) is 19.8 Å². The van der Waals surface area contributed by atoms with Gasteiger partial charge in [-0.2, -0.15) is 0 Å². The second kappa shape index (κ2) is 7.04. The number of nitrogens with one attached hydrogen (secondary N) is 1. The standard InChI is InChI=1S/C15H18N2O5S2/c1-10-13(16-15(23-10)12-3-2-6-22-12)14(18)17-24(19,20)9-11-4-7-21-8-5-11/h2-3,6,11H,4-5,7-9H2,1H3,(H,17,18). The number of rotatable bonds is 5. The van der Waals surface area contributed by atoms with Crippen molar-refractivity contribution in [1.29, 1.82) is 0 Å². The predicted octanol–water partition coefficient (Wildman–Crippen LogP) is 2.20. The third kappa shape index (κ3) is 4.03. The van der Waals surface area contributed by atoms with Crippen LogP contribution in [0, 0.1) is 12.8 Å². The lowest BCUT2D eigenvalue weighted by molar-refractivity contribution is 0.0722. The molecule has 0 aromatic carbocycles. The first kappa shape index (κ1) is 17.1. The van der Waals surface area contributed by atoms with E-state index in [4.69, 9.17) is 9.15 Å². The second-order valence-electron chi connectivity index (χ2n) is 5.67. The average molecular weight is 370 g/mol. The monoisotopic (exact) mass is 370 g/mol. The van der Waals surface area contributed by atoms with Gasteiger partial charge in [-0.25, -0.2) is 18.1 Å². The maximum absolute atomic E-state index is 12.3. The molecule has 0 aliphatic carbocycles. The van der Waals surface area contributed by atoms with Gasteiger partial charge >= 0.3 is 0 Å². The number of amides is 1. The molecule has 0 spiro atoms. The Morgan fingerprint density at radius 1 is 1.42 bits per heavy atom. The largest absolute Gasteiger partial charge is 0.462 e. The van der Waals surface area contributed by atoms with Crippen LogP contribution in [0.1, 0.15) is 28.2 Å². The zero-order valence-corrected chi connectivity index (χ0v) is 14.8. The summed E-state index contributed by atoms with van der Waals surface area (Å²) in [6.45, 7) is 2.85. The molecule has 1 amide bonds. The van der Waals surface area contributed by atoms with Crippen LogP contribution in [0.25, 0.3) is 10.8 Å². The number of aromatic nitrogens is 1. The van der Waals surface area contributed by atoms with Crippen molar-refractivity contribution in [2.75, 3.05) is 19.0 Å². The van der Waals surface area contributed by atoms with E-state index in [2.05, 4.69) is 9.71 Å². The maximum Gasteiger partial charge on any atom is 0.284 e. The fourth-order valence-corrected chi connectivity index (χ4v) is 4.86. The van der Waals surface area contributed by atoms with E-state index in [1.54, 1.807) is 19.1 Å². The van der Waals surface area contributed by atoms with Crippen LogP contribution in [0.3, 0.4) is 0 Å². The molecule has 0 atom stereocenters. The Bertz CT molecular complexity index is 805. The minimum atomic E-state index is -3.70. The molecule has 0 radical (unpaired) electrons. The third-order valence-electron chi connectivity index (χ3n) is 3.79. The number of carbonyl (C=O) groups excluding carboxylic acids is 1. The summed E-state index contributed by atoms with van der Waals surface area (Å²) in [5.74, 6) is -0.212. The molecule has 9 heteroatoms. The number of sulfonamides is 1. The third-order valence-corrected chi connectivity index (χ3v) is 6.18. The summed E-state index contributed by atoms with van der Waals surface area (Å²) < 4.78 is 37.0. The molecule has 1 fully saturated rings. The quantitative estimate of drug-likeness (QED) is 0.866. The van der Waals surface area contributed by atoms with Crippen molar-refractivity contribution in [3.8, 4) is 10.8 Å². The molecular formula is C15H18N2O5S2. The summed E-state index contributed by atoms with van der Waals surface area (Å²) in [4.78, 5) is 17.2. The Labute approximate surface area is 144 Å². The van der Waals surface area contributed by atoms with Gasteiger partial charge in [0.05, 0.1) is 12.0 Å². The first-order chi connectivity index (χ1) is 11.4. The van der Waals surface area contributed by atoms with E-state index in [-0.39, 0.29) is 17.4 Å². The highest BCUT2D eigenvalue weighted by atomic mass is 32.2. The number of thiazole rings is 1. The van der Waals surface area contributed by atoms with E-state index in [1.807, 2.05) is 0 Å². The Hall–Kier alpha value is -1.71. The van der Waals surface area contributed by atoms with E-state index in [9.17, 15) is 13.2 Å². The molecule has 1 aliphatic heterocycles. The first-order valence-electron chi connectivity index (χ1n) is 7.58. The summed E-state index contributed by atoms with van der Waals surface area (Å²) in [5, 5.41) is 0.546. The number of hydrogen-bond donors (Lipinski definition) is 1. The van der Waals surface area contributed by atoms with E-state index >= 15 is 0 Å². The Balaban J connectivity index is 1.70. The summed E-state index contributed by atoms with van der Waals surface area (Å²) in [6.07, 6.45) is 2.89. The molecule has 1 aliphatic rings. The van der Waals surface area contributed by atoms with Gasteiger partial charge in [0.2, 0.25) is 10.0 Å². The molecule has 0 unspecified atom stereocenters. The fraction of sp³-hybridized carbons (Fsp3) is 0.467. The Morgan fingerprint density at radius 3 is 2.83 bits per heavy atom. The number of nitrogens with zero attached hydrogens (tertiary/aromatic N) is 1. The predicted molar refractivity (Wildman–Crippen MR) is 89.3 cm³/mol. The summed E-state index contributed by atoms with van der Waals surface area (Å²) in [6, 6.07) is 3.46. The molecule has 7 nitrogen and oxygen atoms in total. The highest BCUT2D eigenvalue weighted by Gasteiger charge is 2.26. The molecule has 1 N–H and O–H groups in total. The van der Waals surface area contributed by atoms with Crippen LogP contribution in [0.2, 0.25) is 0 Å². The van der Waals surface area contributed by atoms with Crippen LogP contribution in [0.4, 0.5) is 0 Å². The highest BCUT2D eigenvalue weighted by molar-refractivity contribution is 7.90. The van der Waals surface area contributed by atoms with Crippen molar-refractivity contribution in [3.63, 3.8) is 0 Å². The van der Waals surface area contributed by atoms with Gasteiger partial charge < -0.3 is 9.15 Å². The molecule has 3 rings (SSSR count). The fourth-order valence-electron chi connectivity index (χ4n) is 2.57. The van der Waals surface area contributed by atoms with Gasteiger partial charge in [0.15, 0.2) is 10.8 Å². The molecular weight excluding hydrogens is 352 g/mol. The first-order valence-corrected chi connectivity index (χ1v) is 10.1. The number of carbonyl (C=O) groups is 1. The molecule has 2 aromatic heterocycles. The molecule has 130 valence electrons. The molecule has 1 saturated heterocycles. The molecule has 0 bridgehead atoms. The van der Waals surface area contributed by atoms with Gasteiger partial charge in [0.1, 0.15) is 5.69 Å². The van der Waals surface area contributed by atoms with Crippen LogP contribution >= 0.6 is 11.3 Å². The van der Waals surface area contributed by atoms with Gasteiger partial charge in [0.25, 0.3) is 5.91 Å². The van der Waals surface area contributed by atoms with Crippen molar-refractivity contribution >= 4 is 27.3 Å². The minimum Gasteiger partial charge on any atom is -0.462 e. The van der Waals surface area contributed by atoms with Crippen LogP contribution in [0.15, 0.2) is 22.8 Å². The van der Waals surface area contributed by atoms with Gasteiger partial charge in [-0.3, -0.25) is 4.79 Å². The van der Waals surface area contributed by atoms with Crippen molar-refractivity contribution in [1.82, 2.24) is 9.71 Å². The normalized spacial score (nSPS) is 16.2. The van der Waals surface area contributed by atoms with Gasteiger partial charge in [-0.05, 0) is 37.8 Å². The lowest BCUT2D eigenvalue weighted by atomic mass is 10.0. The van der Waals surface area contributed by atoms with Crippen LogP contribution in [0.5, 0.6) is 0 Å².